The Morgan fingerprint density at radius 2 is 0.890 bits per heavy atom. The van der Waals surface area contributed by atoms with E-state index < -0.39 is 35.4 Å². The average molecular weight is 1090 g/mol. The number of halogens is 6. The van der Waals surface area contributed by atoms with Crippen molar-refractivity contribution in [3.8, 4) is 44.5 Å². The summed E-state index contributed by atoms with van der Waals surface area (Å²) in [4.78, 5) is 4.02. The molecule has 12 rings (SSSR count). The molecule has 4 aliphatic rings. The van der Waals surface area contributed by atoms with Crippen LogP contribution >= 0.6 is 0 Å². The Labute approximate surface area is 476 Å². The van der Waals surface area contributed by atoms with Crippen molar-refractivity contribution < 1.29 is 26.3 Å². The molecule has 0 fully saturated rings. The molecule has 0 saturated carbocycles. The molecule has 0 heterocycles. The molecule has 8 aromatic rings. The smallest absolute Gasteiger partial charge is 0.330 e. The molecule has 8 aromatic carbocycles. The summed E-state index contributed by atoms with van der Waals surface area (Å²) in [5.41, 5.74) is 22.3. The summed E-state index contributed by atoms with van der Waals surface area (Å²) in [6.45, 7) is 16.6. The normalized spacial score (nSPS) is 16.3. The maximum atomic E-state index is 14.9. The standard InChI is InChI=1S/C74H60F6N2/c1-43-15-25-59(47(5)35-43)53-23-33-69(65(39-53)61-27-17-45(3)37-49(61)7)81(57-13-9-11-55(41-57)73(75,76)77)67-31-21-51-20-30-64-68(32-22-52-19-29-63(67)71(51)72(52)64)82(58-14-10-12-56(42-58)74(78,79)80)70-34-24-54(60-26-16-44(2)36-48(60)6)40-66(70)62-28-18-46(4)38-50(62)8/h9-42,67,72H,1-8H3. The molecule has 0 aliphatic heterocycles. The van der Waals surface area contributed by atoms with Crippen LogP contribution in [0.3, 0.4) is 0 Å². The molecule has 82 heavy (non-hydrogen) atoms. The second-order valence-corrected chi connectivity index (χ2v) is 22.4. The highest BCUT2D eigenvalue weighted by atomic mass is 19.4. The summed E-state index contributed by atoms with van der Waals surface area (Å²) in [5, 5.41) is 0. The van der Waals surface area contributed by atoms with E-state index in [1.165, 1.54) is 24.3 Å². The van der Waals surface area contributed by atoms with Crippen LogP contribution in [0.25, 0.3) is 44.5 Å². The summed E-state index contributed by atoms with van der Waals surface area (Å²) in [5.74, 6) is -0.395. The van der Waals surface area contributed by atoms with Gasteiger partial charge >= 0.3 is 12.4 Å². The lowest BCUT2D eigenvalue weighted by Crippen LogP contribution is -2.37. The van der Waals surface area contributed by atoms with Crippen LogP contribution in [0, 0.1) is 61.3 Å². The number of allylic oxidation sites excluding steroid dienone is 10. The Balaban J connectivity index is 1.06. The maximum absolute atomic E-state index is 14.9. The van der Waals surface area contributed by atoms with Crippen LogP contribution in [0.5, 0.6) is 0 Å². The van der Waals surface area contributed by atoms with Gasteiger partial charge in [-0.15, -0.1) is 0 Å². The van der Waals surface area contributed by atoms with Crippen molar-refractivity contribution in [3.05, 3.63) is 296 Å². The molecule has 0 saturated heterocycles. The van der Waals surface area contributed by atoms with Crippen molar-refractivity contribution in [3.63, 3.8) is 0 Å². The van der Waals surface area contributed by atoms with E-state index in [2.05, 4.69) is 181 Å². The summed E-state index contributed by atoms with van der Waals surface area (Å²) in [6.07, 6.45) is 7.31. The third-order valence-corrected chi connectivity index (χ3v) is 16.6. The van der Waals surface area contributed by atoms with E-state index in [-0.39, 0.29) is 0 Å². The van der Waals surface area contributed by atoms with Crippen LogP contribution in [0.2, 0.25) is 0 Å². The summed E-state index contributed by atoms with van der Waals surface area (Å²) >= 11 is 0. The van der Waals surface area contributed by atoms with Gasteiger partial charge < -0.3 is 9.80 Å². The number of nitrogens with zero attached hydrogens (tertiary/aromatic N) is 2. The molecule has 0 aromatic heterocycles. The monoisotopic (exact) mass is 1090 g/mol. The highest BCUT2D eigenvalue weighted by Crippen LogP contribution is 2.54. The van der Waals surface area contributed by atoms with Gasteiger partial charge in [0, 0.05) is 34.1 Å². The number of rotatable bonds is 10. The zero-order valence-electron chi connectivity index (χ0n) is 46.9. The Kier molecular flexibility index (Phi) is 13.5. The van der Waals surface area contributed by atoms with Crippen molar-refractivity contribution in [2.24, 2.45) is 5.92 Å². The minimum atomic E-state index is -4.62. The molecule has 0 spiro atoms. The maximum Gasteiger partial charge on any atom is 0.416 e. The first-order valence-corrected chi connectivity index (χ1v) is 27.7. The minimum Gasteiger partial charge on any atom is -0.330 e. The van der Waals surface area contributed by atoms with E-state index in [4.69, 9.17) is 0 Å². The third-order valence-electron chi connectivity index (χ3n) is 16.6. The Bertz CT molecular complexity index is 4190. The fraction of sp³-hybridized carbons (Fsp3) is 0.162. The molecule has 0 N–H and O–H groups in total. The number of anilines is 4. The summed E-state index contributed by atoms with van der Waals surface area (Å²) < 4.78 is 89.7. The van der Waals surface area contributed by atoms with E-state index in [0.717, 1.165) is 135 Å². The van der Waals surface area contributed by atoms with Crippen LogP contribution in [-0.2, 0) is 12.4 Å². The molecule has 2 unspecified atom stereocenters. The quantitative estimate of drug-likeness (QED) is 0.126. The van der Waals surface area contributed by atoms with Gasteiger partial charge in [-0.25, -0.2) is 0 Å². The minimum absolute atomic E-state index is 0.333. The summed E-state index contributed by atoms with van der Waals surface area (Å²) in [6, 6.07) is 48.4. The highest BCUT2D eigenvalue weighted by molar-refractivity contribution is 5.93. The second-order valence-electron chi connectivity index (χ2n) is 22.4. The summed E-state index contributed by atoms with van der Waals surface area (Å²) in [7, 11) is 0. The Morgan fingerprint density at radius 3 is 1.41 bits per heavy atom. The molecular formula is C74H60F6N2. The zero-order chi connectivity index (χ0) is 57.5. The molecule has 0 radical (unpaired) electrons. The van der Waals surface area contributed by atoms with Gasteiger partial charge in [-0.05, 0) is 206 Å². The predicted molar refractivity (Wildman–Crippen MR) is 325 cm³/mol. The molecular weight excluding hydrogens is 1030 g/mol. The van der Waals surface area contributed by atoms with Crippen molar-refractivity contribution in [1.82, 2.24) is 0 Å². The van der Waals surface area contributed by atoms with E-state index in [1.807, 2.05) is 41.9 Å². The number of alkyl halides is 6. The van der Waals surface area contributed by atoms with Crippen LogP contribution in [0.4, 0.5) is 49.1 Å². The molecule has 2 atom stereocenters. The second kappa shape index (κ2) is 20.6. The van der Waals surface area contributed by atoms with Crippen molar-refractivity contribution >= 4 is 22.7 Å². The number of aryl methyl sites for hydroxylation is 8. The molecule has 4 aliphatic carbocycles. The molecule has 2 nitrogen and oxygen atoms in total. The Morgan fingerprint density at radius 1 is 0.402 bits per heavy atom. The SMILES string of the molecule is Cc1ccc(-c2ccc(N(C3=C4C=CC5=C6C(=CC=C(C=C3)C46)C(N(c3cccc(C(F)(F)F)c3)c3ccc(-c4ccc(C)cc4C)cc3-c3ccc(C)cc3C)C=C5)c3cccc(C(F)(F)F)c3)c(-c3ccc(C)cc3C)c2)c(C)c1. The first-order valence-electron chi connectivity index (χ1n) is 27.7. The van der Waals surface area contributed by atoms with Gasteiger partial charge in [0.2, 0.25) is 0 Å². The first-order chi connectivity index (χ1) is 39.2. The van der Waals surface area contributed by atoms with E-state index in [9.17, 15) is 26.3 Å². The highest BCUT2D eigenvalue weighted by Gasteiger charge is 2.42. The van der Waals surface area contributed by atoms with Gasteiger partial charge in [0.15, 0.2) is 0 Å². The lowest BCUT2D eigenvalue weighted by Gasteiger charge is -2.44. The van der Waals surface area contributed by atoms with Crippen LogP contribution in [0.15, 0.2) is 240 Å². The van der Waals surface area contributed by atoms with Crippen LogP contribution in [-0.4, -0.2) is 6.04 Å². The van der Waals surface area contributed by atoms with E-state index in [0.29, 0.717) is 22.8 Å². The largest absolute Gasteiger partial charge is 0.416 e. The van der Waals surface area contributed by atoms with Crippen LogP contribution < -0.4 is 9.80 Å². The fourth-order valence-corrected chi connectivity index (χ4v) is 12.8. The topological polar surface area (TPSA) is 6.48 Å². The zero-order valence-corrected chi connectivity index (χ0v) is 46.9. The molecule has 0 bridgehead atoms. The first kappa shape index (κ1) is 53.7. The molecule has 8 heteroatoms. The van der Waals surface area contributed by atoms with E-state index >= 15 is 0 Å². The van der Waals surface area contributed by atoms with Gasteiger partial charge in [-0.2, -0.15) is 26.3 Å². The van der Waals surface area contributed by atoms with Gasteiger partial charge in [-0.1, -0.05) is 162 Å². The lowest BCUT2D eigenvalue weighted by atomic mass is 9.67. The number of hydrogen-bond acceptors (Lipinski definition) is 2. The van der Waals surface area contributed by atoms with Gasteiger partial charge in [0.25, 0.3) is 0 Å². The fourth-order valence-electron chi connectivity index (χ4n) is 12.8. The lowest BCUT2D eigenvalue weighted by molar-refractivity contribution is -0.138. The van der Waals surface area contributed by atoms with Crippen molar-refractivity contribution in [2.45, 2.75) is 73.8 Å². The van der Waals surface area contributed by atoms with Crippen molar-refractivity contribution in [2.75, 3.05) is 9.80 Å². The average Bonchev–Trinajstić information content (AvgIpc) is 3.55. The number of benzene rings is 8. The van der Waals surface area contributed by atoms with E-state index in [1.54, 1.807) is 12.1 Å². The predicted octanol–water partition coefficient (Wildman–Crippen LogP) is 20.9. The molecule has 0 amide bonds. The van der Waals surface area contributed by atoms with Crippen LogP contribution in [0.1, 0.15) is 55.6 Å². The van der Waals surface area contributed by atoms with Gasteiger partial charge in [-0.3, -0.25) is 0 Å². The Hall–Kier alpha value is -8.88. The van der Waals surface area contributed by atoms with Gasteiger partial charge in [0.05, 0.1) is 28.6 Å². The molecule has 408 valence electrons. The number of hydrogen-bond donors (Lipinski definition) is 0. The van der Waals surface area contributed by atoms with Gasteiger partial charge in [0.1, 0.15) is 0 Å². The third kappa shape index (κ3) is 9.78. The van der Waals surface area contributed by atoms with Crippen molar-refractivity contribution in [1.29, 1.82) is 0 Å².